The van der Waals surface area contributed by atoms with Gasteiger partial charge in [0.05, 0.1) is 17.3 Å². The van der Waals surface area contributed by atoms with Gasteiger partial charge in [-0.25, -0.2) is 4.98 Å². The second kappa shape index (κ2) is 8.77. The number of aliphatic hydroxyl groups excluding tert-OH is 1. The first-order valence-electron chi connectivity index (χ1n) is 10.7. The average molecular weight is 486 g/mol. The van der Waals surface area contributed by atoms with Crippen LogP contribution < -0.4 is 4.90 Å². The Labute approximate surface area is 204 Å². The minimum absolute atomic E-state index is 0.00662. The summed E-state index contributed by atoms with van der Waals surface area (Å²) in [6, 6.07) is 16.1. The summed E-state index contributed by atoms with van der Waals surface area (Å²) in [4.78, 5) is 43.8. The van der Waals surface area contributed by atoms with Gasteiger partial charge in [-0.2, -0.15) is 0 Å². The fourth-order valence-corrected chi connectivity index (χ4v) is 4.88. The number of Topliss-reactive ketones (excluding diaryl/α,β-unsaturated/α-hetero) is 1. The van der Waals surface area contributed by atoms with E-state index < -0.39 is 23.5 Å². The minimum Gasteiger partial charge on any atom is -0.503 e. The number of aliphatic hydroxyl groups is 1. The SMILES string of the molecule is Cc1ccc(-c2csc(N3C(=O)C(O)=C(C(=O)c4ccc(C)o4)C3c3cccc(N=O)c3)n2)cc1. The molecule has 0 spiro atoms. The van der Waals surface area contributed by atoms with E-state index >= 15 is 0 Å². The fraction of sp³-hybridized carbons (Fsp3) is 0.115. The minimum atomic E-state index is -1.03. The predicted molar refractivity (Wildman–Crippen MR) is 132 cm³/mol. The van der Waals surface area contributed by atoms with Gasteiger partial charge in [-0.1, -0.05) is 42.0 Å². The molecule has 9 heteroatoms. The highest BCUT2D eigenvalue weighted by Crippen LogP contribution is 2.44. The second-order valence-corrected chi connectivity index (χ2v) is 8.98. The third kappa shape index (κ3) is 3.95. The fourth-order valence-electron chi connectivity index (χ4n) is 4.02. The molecule has 1 aliphatic rings. The number of thiazole rings is 1. The lowest BCUT2D eigenvalue weighted by molar-refractivity contribution is -0.117. The van der Waals surface area contributed by atoms with Gasteiger partial charge in [0, 0.05) is 10.9 Å². The van der Waals surface area contributed by atoms with Crippen molar-refractivity contribution in [3.63, 3.8) is 0 Å². The Morgan fingerprint density at radius 1 is 1.11 bits per heavy atom. The number of anilines is 1. The van der Waals surface area contributed by atoms with Crippen LogP contribution in [0.3, 0.4) is 0 Å². The van der Waals surface area contributed by atoms with Gasteiger partial charge in [0.1, 0.15) is 11.4 Å². The molecule has 0 aliphatic carbocycles. The molecule has 4 aromatic rings. The molecule has 8 nitrogen and oxygen atoms in total. The van der Waals surface area contributed by atoms with Crippen LogP contribution in [0.25, 0.3) is 11.3 Å². The first kappa shape index (κ1) is 22.4. The molecule has 0 saturated heterocycles. The topological polar surface area (TPSA) is 113 Å². The number of amides is 1. The highest BCUT2D eigenvalue weighted by Gasteiger charge is 2.46. The summed E-state index contributed by atoms with van der Waals surface area (Å²) >= 11 is 1.21. The Kier molecular flexibility index (Phi) is 5.62. The van der Waals surface area contributed by atoms with Gasteiger partial charge in [0.15, 0.2) is 16.7 Å². The highest BCUT2D eigenvalue weighted by atomic mass is 32.1. The summed E-state index contributed by atoms with van der Waals surface area (Å²) in [5.41, 5.74) is 3.03. The van der Waals surface area contributed by atoms with E-state index in [1.165, 1.54) is 34.4 Å². The number of carbonyl (C=O) groups excluding carboxylic acids is 2. The normalized spacial score (nSPS) is 15.7. The van der Waals surface area contributed by atoms with Crippen LogP contribution in [0.2, 0.25) is 0 Å². The number of benzene rings is 2. The van der Waals surface area contributed by atoms with Gasteiger partial charge in [-0.3, -0.25) is 14.5 Å². The molecule has 1 amide bonds. The number of carbonyl (C=O) groups is 2. The van der Waals surface area contributed by atoms with Crippen LogP contribution in [-0.4, -0.2) is 21.8 Å². The lowest BCUT2D eigenvalue weighted by atomic mass is 9.95. The number of nitrogens with zero attached hydrogens (tertiary/aromatic N) is 3. The van der Waals surface area contributed by atoms with E-state index in [2.05, 4.69) is 10.2 Å². The molecule has 0 saturated carbocycles. The molecular formula is C26H19N3O5S. The number of hydrogen-bond donors (Lipinski definition) is 1. The van der Waals surface area contributed by atoms with Crippen LogP contribution in [0.4, 0.5) is 10.8 Å². The average Bonchev–Trinajstić information content (AvgIpc) is 3.58. The van der Waals surface area contributed by atoms with E-state index in [1.807, 2.05) is 31.2 Å². The van der Waals surface area contributed by atoms with Crippen molar-refractivity contribution in [2.45, 2.75) is 19.9 Å². The zero-order chi connectivity index (χ0) is 24.7. The largest absolute Gasteiger partial charge is 0.503 e. The quantitative estimate of drug-likeness (QED) is 0.257. The van der Waals surface area contributed by atoms with Gasteiger partial charge in [-0.05, 0) is 48.9 Å². The van der Waals surface area contributed by atoms with Gasteiger partial charge < -0.3 is 9.52 Å². The summed E-state index contributed by atoms with van der Waals surface area (Å²) in [5, 5.41) is 15.9. The summed E-state index contributed by atoms with van der Waals surface area (Å²) in [6.45, 7) is 3.68. The molecule has 174 valence electrons. The smallest absolute Gasteiger partial charge is 0.296 e. The number of furan rings is 1. The Morgan fingerprint density at radius 2 is 1.89 bits per heavy atom. The van der Waals surface area contributed by atoms with Gasteiger partial charge in [-0.15, -0.1) is 16.2 Å². The number of ketones is 1. The Hall–Kier alpha value is -4.37. The Morgan fingerprint density at radius 3 is 2.57 bits per heavy atom. The van der Waals surface area contributed by atoms with Crippen molar-refractivity contribution >= 4 is 33.8 Å². The molecule has 2 aromatic carbocycles. The van der Waals surface area contributed by atoms with E-state index in [1.54, 1.807) is 30.5 Å². The van der Waals surface area contributed by atoms with Crippen LogP contribution >= 0.6 is 11.3 Å². The maximum absolute atomic E-state index is 13.4. The monoisotopic (exact) mass is 485 g/mol. The second-order valence-electron chi connectivity index (χ2n) is 8.15. The Bertz CT molecular complexity index is 1500. The molecule has 0 bridgehead atoms. The summed E-state index contributed by atoms with van der Waals surface area (Å²) in [6.07, 6.45) is 0. The van der Waals surface area contributed by atoms with Crippen LogP contribution in [0.1, 0.15) is 33.5 Å². The van der Waals surface area contributed by atoms with E-state index in [-0.39, 0.29) is 17.0 Å². The molecule has 1 aliphatic heterocycles. The standard InChI is InChI=1S/C26H19N3O5S/c1-14-6-9-16(10-7-14)19-13-35-26(27-19)29-22(17-4-3-5-18(12-17)28-33)21(24(31)25(29)32)23(30)20-11-8-15(2)34-20/h3-13,22,31H,1-2H3. The van der Waals surface area contributed by atoms with E-state index in [0.29, 0.717) is 22.1 Å². The van der Waals surface area contributed by atoms with E-state index in [0.717, 1.165) is 11.1 Å². The van der Waals surface area contributed by atoms with E-state index in [4.69, 9.17) is 4.42 Å². The summed E-state index contributed by atoms with van der Waals surface area (Å²) < 4.78 is 5.48. The Balaban J connectivity index is 1.63. The third-order valence-corrected chi connectivity index (χ3v) is 6.59. The number of hydrogen-bond acceptors (Lipinski definition) is 8. The van der Waals surface area contributed by atoms with Crippen LogP contribution in [0.5, 0.6) is 0 Å². The molecule has 5 rings (SSSR count). The van der Waals surface area contributed by atoms with Crippen LogP contribution in [-0.2, 0) is 4.79 Å². The number of nitroso groups, excluding NO2 is 1. The van der Waals surface area contributed by atoms with Gasteiger partial charge >= 0.3 is 0 Å². The lowest BCUT2D eigenvalue weighted by Crippen LogP contribution is -2.31. The zero-order valence-electron chi connectivity index (χ0n) is 18.8. The molecule has 1 atom stereocenters. The molecule has 35 heavy (non-hydrogen) atoms. The molecule has 1 N–H and O–H groups in total. The van der Waals surface area contributed by atoms with Gasteiger partial charge in [0.25, 0.3) is 5.91 Å². The maximum Gasteiger partial charge on any atom is 0.296 e. The van der Waals surface area contributed by atoms with Crippen molar-refractivity contribution in [3.8, 4) is 11.3 Å². The molecular weight excluding hydrogens is 466 g/mol. The molecule has 1 unspecified atom stereocenters. The van der Waals surface area contributed by atoms with Crippen molar-refractivity contribution in [2.75, 3.05) is 4.90 Å². The molecule has 0 fully saturated rings. The first-order valence-corrected chi connectivity index (χ1v) is 11.6. The number of rotatable bonds is 6. The molecule has 2 aromatic heterocycles. The number of aromatic nitrogens is 1. The van der Waals surface area contributed by atoms with Crippen molar-refractivity contribution in [1.82, 2.24) is 4.98 Å². The van der Waals surface area contributed by atoms with Crippen LogP contribution in [0.15, 0.2) is 87.0 Å². The lowest BCUT2D eigenvalue weighted by Gasteiger charge is -2.24. The third-order valence-electron chi connectivity index (χ3n) is 5.75. The summed E-state index contributed by atoms with van der Waals surface area (Å²) in [5.74, 6) is -1.58. The number of aryl methyl sites for hydroxylation is 2. The predicted octanol–water partition coefficient (Wildman–Crippen LogP) is 6.20. The molecule has 3 heterocycles. The first-order chi connectivity index (χ1) is 16.9. The van der Waals surface area contributed by atoms with Crippen molar-refractivity contribution in [2.24, 2.45) is 5.18 Å². The zero-order valence-corrected chi connectivity index (χ0v) is 19.6. The maximum atomic E-state index is 13.4. The van der Waals surface area contributed by atoms with Gasteiger partial charge in [0.2, 0.25) is 5.78 Å². The molecule has 0 radical (unpaired) electrons. The van der Waals surface area contributed by atoms with E-state index in [9.17, 15) is 19.6 Å². The van der Waals surface area contributed by atoms with Crippen LogP contribution in [0, 0.1) is 18.8 Å². The van der Waals surface area contributed by atoms with Crippen molar-refractivity contribution in [1.29, 1.82) is 0 Å². The summed E-state index contributed by atoms with van der Waals surface area (Å²) in [7, 11) is 0. The van der Waals surface area contributed by atoms with Crippen molar-refractivity contribution in [3.05, 3.63) is 105 Å². The highest BCUT2D eigenvalue weighted by molar-refractivity contribution is 7.14. The van der Waals surface area contributed by atoms with Crippen molar-refractivity contribution < 1.29 is 19.1 Å².